The number of nitrogens with zero attached hydrogens (tertiary/aromatic N) is 1. The van der Waals surface area contributed by atoms with Gasteiger partial charge in [-0.25, -0.2) is 0 Å². The summed E-state index contributed by atoms with van der Waals surface area (Å²) in [6.07, 6.45) is 0. The Balaban J connectivity index is 0. The van der Waals surface area contributed by atoms with Crippen molar-refractivity contribution in [1.29, 1.82) is 5.41 Å². The molecule has 68 valence electrons. The largest absolute Gasteiger partial charge is 0.388 e. The molecular weight excluding hydrogens is 138 g/mol. The van der Waals surface area contributed by atoms with E-state index in [1.807, 2.05) is 0 Å². The lowest BCUT2D eigenvalue weighted by Gasteiger charge is -2.13. The number of hydrogen-bond acceptors (Lipinski definition) is 2. The molecule has 0 aromatic rings. The number of nitrogens with one attached hydrogen (secondary N) is 1. The van der Waals surface area contributed by atoms with Crippen molar-refractivity contribution in [3.05, 3.63) is 0 Å². The Morgan fingerprint density at radius 3 is 1.36 bits per heavy atom. The maximum atomic E-state index is 6.28. The van der Waals surface area contributed by atoms with Crippen LogP contribution in [0.5, 0.6) is 0 Å². The van der Waals surface area contributed by atoms with E-state index < -0.39 is 0 Å². The quantitative estimate of drug-likeness (QED) is 0.481. The topological polar surface area (TPSA) is 53.1 Å². The zero-order valence-electron chi connectivity index (χ0n) is 8.15. The molecule has 0 rings (SSSR count). The van der Waals surface area contributed by atoms with Crippen LogP contribution in [-0.4, -0.2) is 30.4 Å². The lowest BCUT2D eigenvalue weighted by molar-refractivity contribution is 0.321. The van der Waals surface area contributed by atoms with Crippen molar-refractivity contribution in [1.82, 2.24) is 4.90 Å². The highest BCUT2D eigenvalue weighted by Crippen LogP contribution is 1.81. The highest BCUT2D eigenvalue weighted by molar-refractivity contribution is 5.73. The lowest BCUT2D eigenvalue weighted by Crippen LogP contribution is -2.21. The van der Waals surface area contributed by atoms with Gasteiger partial charge in [-0.15, -0.1) is 0 Å². The van der Waals surface area contributed by atoms with E-state index in [0.29, 0.717) is 0 Å². The van der Waals surface area contributed by atoms with Crippen LogP contribution in [0, 0.1) is 5.41 Å². The van der Waals surface area contributed by atoms with Crippen LogP contribution >= 0.6 is 0 Å². The average molecular weight is 159 g/mol. The second-order valence-electron chi connectivity index (χ2n) is 2.30. The molecule has 0 heterocycles. The van der Waals surface area contributed by atoms with Crippen LogP contribution in [0.25, 0.3) is 0 Å². The monoisotopic (exact) mass is 159 g/mol. The standard InChI is InChI=1S/C6H15N.C2H6N2/c1-4-7(5-2)6-3;1-2(3)4/h4-6H2,1-3H3;1H3,(H3,3,4). The van der Waals surface area contributed by atoms with Crippen molar-refractivity contribution in [2.45, 2.75) is 27.7 Å². The van der Waals surface area contributed by atoms with Gasteiger partial charge >= 0.3 is 0 Å². The molecule has 0 aromatic carbocycles. The number of nitrogens with two attached hydrogens (primary N) is 1. The minimum atomic E-state index is 0.167. The maximum absolute atomic E-state index is 6.28. The molecule has 0 amide bonds. The van der Waals surface area contributed by atoms with Gasteiger partial charge < -0.3 is 10.6 Å². The van der Waals surface area contributed by atoms with Crippen LogP contribution in [-0.2, 0) is 0 Å². The average Bonchev–Trinajstić information content (AvgIpc) is 1.90. The fourth-order valence-corrected chi connectivity index (χ4v) is 0.671. The Labute approximate surface area is 70.1 Å². The van der Waals surface area contributed by atoms with E-state index in [1.54, 1.807) is 0 Å². The van der Waals surface area contributed by atoms with Gasteiger partial charge in [0, 0.05) is 0 Å². The van der Waals surface area contributed by atoms with Gasteiger partial charge in [0.15, 0.2) is 0 Å². The second kappa shape index (κ2) is 9.43. The summed E-state index contributed by atoms with van der Waals surface area (Å²) in [6, 6.07) is 0. The van der Waals surface area contributed by atoms with Crippen molar-refractivity contribution < 1.29 is 0 Å². The van der Waals surface area contributed by atoms with E-state index in [1.165, 1.54) is 26.6 Å². The molecule has 0 bridgehead atoms. The number of hydrogen-bond donors (Lipinski definition) is 2. The van der Waals surface area contributed by atoms with E-state index in [-0.39, 0.29) is 5.84 Å². The normalized spacial score (nSPS) is 8.82. The SMILES string of the molecule is CC(=N)N.CCN(CC)CC. The molecule has 0 aliphatic rings. The maximum Gasteiger partial charge on any atom is 0.0873 e. The molecule has 3 N–H and O–H groups in total. The minimum Gasteiger partial charge on any atom is -0.388 e. The minimum absolute atomic E-state index is 0.167. The predicted molar refractivity (Wildman–Crippen MR) is 51.1 cm³/mol. The van der Waals surface area contributed by atoms with Gasteiger partial charge in [0.2, 0.25) is 0 Å². The first-order chi connectivity index (χ1) is 5.08. The molecular formula is C8H21N3. The molecule has 0 saturated carbocycles. The second-order valence-corrected chi connectivity index (χ2v) is 2.30. The van der Waals surface area contributed by atoms with Crippen molar-refractivity contribution >= 4 is 5.84 Å². The van der Waals surface area contributed by atoms with Gasteiger partial charge in [-0.1, -0.05) is 20.8 Å². The van der Waals surface area contributed by atoms with Crippen LogP contribution in [0.4, 0.5) is 0 Å². The Morgan fingerprint density at radius 1 is 1.18 bits per heavy atom. The summed E-state index contributed by atoms with van der Waals surface area (Å²) < 4.78 is 0. The predicted octanol–water partition coefficient (Wildman–Crippen LogP) is 1.29. The lowest BCUT2D eigenvalue weighted by atomic mass is 10.5. The van der Waals surface area contributed by atoms with Crippen LogP contribution in [0.15, 0.2) is 0 Å². The highest BCUT2D eigenvalue weighted by Gasteiger charge is 1.89. The third kappa shape index (κ3) is 17.7. The van der Waals surface area contributed by atoms with Gasteiger partial charge in [-0.3, -0.25) is 5.41 Å². The first-order valence-electron chi connectivity index (χ1n) is 4.11. The summed E-state index contributed by atoms with van der Waals surface area (Å²) in [4.78, 5) is 2.38. The Hall–Kier alpha value is -0.570. The Morgan fingerprint density at radius 2 is 1.36 bits per heavy atom. The van der Waals surface area contributed by atoms with Crippen molar-refractivity contribution in [2.24, 2.45) is 5.73 Å². The molecule has 0 atom stereocenters. The van der Waals surface area contributed by atoms with Gasteiger partial charge in [0.25, 0.3) is 0 Å². The molecule has 11 heavy (non-hydrogen) atoms. The van der Waals surface area contributed by atoms with Crippen LogP contribution in [0.2, 0.25) is 0 Å². The Bertz CT molecular complexity index is 77.8. The molecule has 0 fully saturated rings. The van der Waals surface area contributed by atoms with E-state index in [0.717, 1.165) is 0 Å². The van der Waals surface area contributed by atoms with E-state index in [4.69, 9.17) is 11.1 Å². The van der Waals surface area contributed by atoms with Gasteiger partial charge in [0.05, 0.1) is 5.84 Å². The molecule has 0 spiro atoms. The Kier molecular flexibility index (Phi) is 11.2. The van der Waals surface area contributed by atoms with Crippen LogP contribution < -0.4 is 5.73 Å². The third-order valence-corrected chi connectivity index (χ3v) is 1.34. The van der Waals surface area contributed by atoms with Crippen molar-refractivity contribution in [3.63, 3.8) is 0 Å². The molecule has 0 aromatic heterocycles. The van der Waals surface area contributed by atoms with Crippen LogP contribution in [0.1, 0.15) is 27.7 Å². The molecule has 0 aliphatic carbocycles. The van der Waals surface area contributed by atoms with Crippen molar-refractivity contribution in [2.75, 3.05) is 19.6 Å². The van der Waals surface area contributed by atoms with Gasteiger partial charge in [0.1, 0.15) is 0 Å². The first-order valence-corrected chi connectivity index (χ1v) is 4.11. The summed E-state index contributed by atoms with van der Waals surface area (Å²) in [6.45, 7) is 11.7. The van der Waals surface area contributed by atoms with E-state index in [2.05, 4.69) is 25.7 Å². The molecule has 0 saturated heterocycles. The zero-order chi connectivity index (χ0) is 9.28. The highest BCUT2D eigenvalue weighted by atomic mass is 15.1. The van der Waals surface area contributed by atoms with Gasteiger partial charge in [-0.2, -0.15) is 0 Å². The zero-order valence-corrected chi connectivity index (χ0v) is 8.15. The molecule has 0 radical (unpaired) electrons. The third-order valence-electron chi connectivity index (χ3n) is 1.34. The van der Waals surface area contributed by atoms with E-state index in [9.17, 15) is 0 Å². The number of amidine groups is 1. The molecule has 0 aliphatic heterocycles. The van der Waals surface area contributed by atoms with Crippen molar-refractivity contribution in [3.8, 4) is 0 Å². The van der Waals surface area contributed by atoms with Crippen LogP contribution in [0.3, 0.4) is 0 Å². The first kappa shape index (κ1) is 13.1. The summed E-state index contributed by atoms with van der Waals surface area (Å²) in [7, 11) is 0. The fraction of sp³-hybridized carbons (Fsp3) is 0.875. The fourth-order valence-electron chi connectivity index (χ4n) is 0.671. The van der Waals surface area contributed by atoms with E-state index >= 15 is 0 Å². The molecule has 3 nitrogen and oxygen atoms in total. The summed E-state index contributed by atoms with van der Waals surface area (Å²) in [5.74, 6) is 0.167. The summed E-state index contributed by atoms with van der Waals surface area (Å²) >= 11 is 0. The smallest absolute Gasteiger partial charge is 0.0873 e. The summed E-state index contributed by atoms with van der Waals surface area (Å²) in [5.41, 5.74) is 4.69. The number of rotatable bonds is 3. The molecule has 3 heteroatoms. The molecule has 0 unspecified atom stereocenters. The summed E-state index contributed by atoms with van der Waals surface area (Å²) in [5, 5.41) is 6.28. The van der Waals surface area contributed by atoms with Gasteiger partial charge in [-0.05, 0) is 26.6 Å².